The lowest BCUT2D eigenvalue weighted by molar-refractivity contribution is -0.385. The van der Waals surface area contributed by atoms with E-state index in [1.807, 2.05) is 0 Å². The number of aryl methyl sites for hydroxylation is 1. The van der Waals surface area contributed by atoms with Crippen molar-refractivity contribution in [2.75, 3.05) is 14.1 Å². The summed E-state index contributed by atoms with van der Waals surface area (Å²) in [5.74, 6) is -0.375. The van der Waals surface area contributed by atoms with Gasteiger partial charge in [0.2, 0.25) is 0 Å². The van der Waals surface area contributed by atoms with Gasteiger partial charge in [0.1, 0.15) is 10.5 Å². The molecule has 0 unspecified atom stereocenters. The number of nitrogens with zero attached hydrogens (tertiary/aromatic N) is 5. The lowest BCUT2D eigenvalue weighted by Gasteiger charge is -2.12. The maximum absolute atomic E-state index is 13.7. The van der Waals surface area contributed by atoms with Crippen molar-refractivity contribution in [1.29, 1.82) is 0 Å². The average molecular weight is 510 g/mol. The molecule has 0 bridgehead atoms. The highest BCUT2D eigenvalue weighted by Gasteiger charge is 2.27. The number of hydrogen-bond donors (Lipinski definition) is 0. The Morgan fingerprint density at radius 1 is 1.03 bits per heavy atom. The van der Waals surface area contributed by atoms with E-state index in [4.69, 9.17) is 0 Å². The number of rotatable bonds is 6. The second kappa shape index (κ2) is 9.19. The van der Waals surface area contributed by atoms with E-state index in [0.29, 0.717) is 15.7 Å². The highest BCUT2D eigenvalue weighted by molar-refractivity contribution is 7.20. The molecule has 0 saturated carbocycles. The number of hydrogen-bond acceptors (Lipinski definition) is 8. The summed E-state index contributed by atoms with van der Waals surface area (Å²) >= 11 is 0.950. The molecule has 0 atom stereocenters. The first kappa shape index (κ1) is 24.5. The second-order valence-electron chi connectivity index (χ2n) is 8.12. The average Bonchev–Trinajstić information content (AvgIpc) is 3.18. The maximum atomic E-state index is 13.7. The Morgan fingerprint density at radius 3 is 2.36 bits per heavy atom. The fraction of sp³-hybridized carbons (Fsp3) is 0.174. The summed E-state index contributed by atoms with van der Waals surface area (Å²) in [4.78, 5) is 63.5. The number of non-ortho nitro benzene ring substituents is 1. The van der Waals surface area contributed by atoms with Crippen LogP contribution in [-0.2, 0) is 6.54 Å². The molecule has 2 aromatic carbocycles. The van der Waals surface area contributed by atoms with Crippen LogP contribution in [0.15, 0.2) is 58.1 Å². The molecule has 36 heavy (non-hydrogen) atoms. The molecule has 184 valence electrons. The third kappa shape index (κ3) is 4.05. The molecule has 0 radical (unpaired) electrons. The first-order chi connectivity index (χ1) is 17.0. The van der Waals surface area contributed by atoms with Crippen molar-refractivity contribution in [3.63, 3.8) is 0 Å². The van der Waals surface area contributed by atoms with E-state index < -0.39 is 26.8 Å². The number of para-hydroxylation sites is 2. The predicted octanol–water partition coefficient (Wildman–Crippen LogP) is 3.09. The van der Waals surface area contributed by atoms with Gasteiger partial charge in [0.15, 0.2) is 0 Å². The number of aromatic nitrogens is 2. The van der Waals surface area contributed by atoms with E-state index in [-0.39, 0.29) is 38.9 Å². The lowest BCUT2D eigenvalue weighted by Crippen LogP contribution is -2.39. The number of carbonyl (C=O) groups excluding carboxylic acids is 1. The summed E-state index contributed by atoms with van der Waals surface area (Å²) in [7, 11) is 3.10. The predicted molar refractivity (Wildman–Crippen MR) is 133 cm³/mol. The van der Waals surface area contributed by atoms with Crippen LogP contribution in [0.4, 0.5) is 11.4 Å². The number of nitro groups is 2. The third-order valence-corrected chi connectivity index (χ3v) is 6.90. The van der Waals surface area contributed by atoms with Gasteiger partial charge in [0.25, 0.3) is 22.8 Å². The molecule has 2 heterocycles. The van der Waals surface area contributed by atoms with E-state index in [1.165, 1.54) is 51.9 Å². The fourth-order valence-electron chi connectivity index (χ4n) is 3.86. The molecule has 0 spiro atoms. The van der Waals surface area contributed by atoms with E-state index >= 15 is 0 Å². The van der Waals surface area contributed by atoms with Crippen molar-refractivity contribution < 1.29 is 14.6 Å². The van der Waals surface area contributed by atoms with E-state index in [9.17, 15) is 34.6 Å². The van der Waals surface area contributed by atoms with Gasteiger partial charge in [-0.2, -0.15) is 0 Å². The maximum Gasteiger partial charge on any atom is 0.337 e. The number of fused-ring (bicyclic) bond motifs is 1. The summed E-state index contributed by atoms with van der Waals surface area (Å²) in [6.07, 6.45) is 0. The van der Waals surface area contributed by atoms with E-state index in [0.717, 1.165) is 11.3 Å². The number of amides is 1. The van der Waals surface area contributed by atoms with Crippen LogP contribution in [0.2, 0.25) is 0 Å². The number of nitro benzene ring substituents is 2. The molecule has 12 nitrogen and oxygen atoms in total. The summed E-state index contributed by atoms with van der Waals surface area (Å²) in [5.41, 5.74) is -1.81. The first-order valence-electron chi connectivity index (χ1n) is 10.5. The smallest absolute Gasteiger partial charge is 0.337 e. The van der Waals surface area contributed by atoms with Crippen LogP contribution in [0.1, 0.15) is 20.8 Å². The van der Waals surface area contributed by atoms with Crippen LogP contribution in [-0.4, -0.2) is 43.9 Å². The molecule has 0 saturated heterocycles. The molecular formula is C23H19N5O7S. The zero-order valence-electron chi connectivity index (χ0n) is 19.3. The largest absolute Gasteiger partial charge is 0.344 e. The molecule has 4 rings (SSSR count). The fourth-order valence-corrected chi connectivity index (χ4v) is 5.18. The van der Waals surface area contributed by atoms with Gasteiger partial charge in [-0.1, -0.05) is 24.3 Å². The molecule has 13 heteroatoms. The number of carbonyl (C=O) groups is 1. The van der Waals surface area contributed by atoms with Gasteiger partial charge in [-0.25, -0.2) is 9.36 Å². The van der Waals surface area contributed by atoms with Gasteiger partial charge in [0.05, 0.1) is 26.7 Å². The van der Waals surface area contributed by atoms with E-state index in [2.05, 4.69) is 0 Å². The molecule has 0 aliphatic rings. The van der Waals surface area contributed by atoms with Gasteiger partial charge in [-0.05, 0) is 24.1 Å². The monoisotopic (exact) mass is 509 g/mol. The van der Waals surface area contributed by atoms with Crippen molar-refractivity contribution in [2.24, 2.45) is 0 Å². The molecular weight excluding hydrogens is 490 g/mol. The molecule has 0 fully saturated rings. The molecule has 1 amide bonds. The Kier molecular flexibility index (Phi) is 6.24. The van der Waals surface area contributed by atoms with Crippen molar-refractivity contribution in [2.45, 2.75) is 13.5 Å². The lowest BCUT2D eigenvalue weighted by atomic mass is 10.1. The standard InChI is InChI=1S/C23H19N5O7S/c1-13-18-20(29)26(16-9-4-5-10-17(16)28(34)35)23(31)25(22(18)36-19(13)21(30)24(2)3)12-14-7-6-8-15(11-14)27(32)33/h4-11H,12H2,1-3H3. The number of benzene rings is 2. The minimum atomic E-state index is -0.876. The summed E-state index contributed by atoms with van der Waals surface area (Å²) in [6.45, 7) is 1.40. The quantitative estimate of drug-likeness (QED) is 0.286. The van der Waals surface area contributed by atoms with Crippen molar-refractivity contribution in [3.05, 3.63) is 106 Å². The Morgan fingerprint density at radius 2 is 1.72 bits per heavy atom. The Hall–Kier alpha value is -4.65. The Labute approximate surface area is 206 Å². The van der Waals surface area contributed by atoms with Crippen molar-refractivity contribution in [1.82, 2.24) is 14.0 Å². The van der Waals surface area contributed by atoms with Crippen LogP contribution in [0.25, 0.3) is 15.9 Å². The van der Waals surface area contributed by atoms with Crippen LogP contribution in [0.5, 0.6) is 0 Å². The molecule has 2 aromatic heterocycles. The van der Waals surface area contributed by atoms with Gasteiger partial charge >= 0.3 is 5.69 Å². The minimum Gasteiger partial charge on any atom is -0.344 e. The third-order valence-electron chi connectivity index (χ3n) is 5.59. The van der Waals surface area contributed by atoms with Crippen molar-refractivity contribution >= 4 is 38.8 Å². The van der Waals surface area contributed by atoms with Gasteiger partial charge < -0.3 is 4.90 Å². The zero-order valence-corrected chi connectivity index (χ0v) is 20.1. The molecule has 0 aliphatic heterocycles. The van der Waals surface area contributed by atoms with Crippen LogP contribution in [0, 0.1) is 27.2 Å². The van der Waals surface area contributed by atoms with E-state index in [1.54, 1.807) is 27.1 Å². The summed E-state index contributed by atoms with van der Waals surface area (Å²) in [5, 5.41) is 23.0. The molecule has 4 aromatic rings. The Bertz CT molecular complexity index is 1680. The van der Waals surface area contributed by atoms with Crippen molar-refractivity contribution in [3.8, 4) is 5.69 Å². The summed E-state index contributed by atoms with van der Waals surface area (Å²) < 4.78 is 1.91. The highest BCUT2D eigenvalue weighted by Crippen LogP contribution is 2.30. The first-order valence-corrected chi connectivity index (χ1v) is 11.3. The number of thiophene rings is 1. The minimum absolute atomic E-state index is 0.0633. The van der Waals surface area contributed by atoms with Crippen LogP contribution in [0.3, 0.4) is 0 Å². The van der Waals surface area contributed by atoms with Crippen LogP contribution >= 0.6 is 11.3 Å². The van der Waals surface area contributed by atoms with Gasteiger partial charge in [-0.3, -0.25) is 34.4 Å². The second-order valence-corrected chi connectivity index (χ2v) is 9.12. The summed E-state index contributed by atoms with van der Waals surface area (Å²) in [6, 6.07) is 11.0. The molecule has 0 aliphatic carbocycles. The van der Waals surface area contributed by atoms with Crippen LogP contribution < -0.4 is 11.2 Å². The van der Waals surface area contributed by atoms with Gasteiger partial charge in [-0.15, -0.1) is 11.3 Å². The SMILES string of the molecule is Cc1c(C(=O)N(C)C)sc2c1c(=O)n(-c1ccccc1[N+](=O)[O-])c(=O)n2Cc1cccc([N+](=O)[O-])c1. The Balaban J connectivity index is 2.11. The highest BCUT2D eigenvalue weighted by atomic mass is 32.1. The molecule has 0 N–H and O–H groups in total. The van der Waals surface area contributed by atoms with Gasteiger partial charge in [0, 0.05) is 32.3 Å². The topological polar surface area (TPSA) is 151 Å². The zero-order chi connectivity index (χ0) is 26.3. The normalized spacial score (nSPS) is 11.0.